The zero-order valence-corrected chi connectivity index (χ0v) is 22.4. The first-order valence-corrected chi connectivity index (χ1v) is 12.4. The van der Waals surface area contributed by atoms with E-state index < -0.39 is 6.10 Å². The Morgan fingerprint density at radius 2 is 1.59 bits per heavy atom. The van der Waals surface area contributed by atoms with Crippen molar-refractivity contribution in [3.05, 3.63) is 82.9 Å². The van der Waals surface area contributed by atoms with E-state index in [0.29, 0.717) is 41.5 Å². The zero-order chi connectivity index (χ0) is 26.9. The van der Waals surface area contributed by atoms with E-state index in [1.165, 1.54) is 0 Å². The highest BCUT2D eigenvalue weighted by Crippen LogP contribution is 2.29. The van der Waals surface area contributed by atoms with E-state index in [1.54, 1.807) is 45.4 Å². The van der Waals surface area contributed by atoms with Crippen molar-refractivity contribution in [3.63, 3.8) is 0 Å². The standard InChI is InChI=1S/C30H36N2O5/c1-19(2)23-13-11-20(3)17-27(23)37-21(4)29(33)32-25-10-8-7-9-24(25)30(34)31-16-15-22-12-14-26(35-5)28(18-22)36-6/h7-14,17-19,21H,15-16H2,1-6H3,(H,31,34)(H,32,33)/t21-/m1/s1. The number of hydrogen-bond acceptors (Lipinski definition) is 5. The molecular weight excluding hydrogens is 468 g/mol. The molecule has 0 radical (unpaired) electrons. The first-order valence-electron chi connectivity index (χ1n) is 12.4. The second kappa shape index (κ2) is 12.8. The van der Waals surface area contributed by atoms with Gasteiger partial charge in [-0.3, -0.25) is 9.59 Å². The summed E-state index contributed by atoms with van der Waals surface area (Å²) in [5, 5.41) is 5.78. The largest absolute Gasteiger partial charge is 0.493 e. The molecular formula is C30H36N2O5. The fourth-order valence-corrected chi connectivity index (χ4v) is 3.94. The van der Waals surface area contributed by atoms with E-state index in [-0.39, 0.29) is 17.7 Å². The van der Waals surface area contributed by atoms with Crippen molar-refractivity contribution in [2.24, 2.45) is 0 Å². The van der Waals surface area contributed by atoms with Gasteiger partial charge in [-0.05, 0) is 73.2 Å². The summed E-state index contributed by atoms with van der Waals surface area (Å²) in [5.74, 6) is 1.64. The van der Waals surface area contributed by atoms with Gasteiger partial charge in [-0.15, -0.1) is 0 Å². The number of carbonyl (C=O) groups is 2. The topological polar surface area (TPSA) is 85.9 Å². The maximum atomic E-state index is 13.0. The number of amides is 2. The molecule has 0 spiro atoms. The number of para-hydroxylation sites is 1. The van der Waals surface area contributed by atoms with Crippen LogP contribution in [0.25, 0.3) is 0 Å². The summed E-state index contributed by atoms with van der Waals surface area (Å²) < 4.78 is 16.7. The van der Waals surface area contributed by atoms with Crippen molar-refractivity contribution in [2.45, 2.75) is 46.1 Å². The first kappa shape index (κ1) is 27.6. The number of carbonyl (C=O) groups excluding carboxylic acids is 2. The lowest BCUT2D eigenvalue weighted by Gasteiger charge is -2.20. The van der Waals surface area contributed by atoms with E-state index in [0.717, 1.165) is 16.7 Å². The van der Waals surface area contributed by atoms with Gasteiger partial charge in [0, 0.05) is 6.54 Å². The van der Waals surface area contributed by atoms with Crippen LogP contribution in [0.5, 0.6) is 17.2 Å². The van der Waals surface area contributed by atoms with E-state index in [9.17, 15) is 9.59 Å². The van der Waals surface area contributed by atoms with E-state index in [4.69, 9.17) is 14.2 Å². The molecule has 2 amide bonds. The average molecular weight is 505 g/mol. The number of methoxy groups -OCH3 is 2. The molecule has 0 fully saturated rings. The van der Waals surface area contributed by atoms with Gasteiger partial charge in [0.1, 0.15) is 5.75 Å². The summed E-state index contributed by atoms with van der Waals surface area (Å²) in [5.41, 5.74) is 3.91. The summed E-state index contributed by atoms with van der Waals surface area (Å²) in [6.07, 6.45) is -0.138. The minimum atomic E-state index is -0.750. The van der Waals surface area contributed by atoms with E-state index in [2.05, 4.69) is 24.5 Å². The number of hydrogen-bond donors (Lipinski definition) is 2. The summed E-state index contributed by atoms with van der Waals surface area (Å²) in [6, 6.07) is 18.6. The van der Waals surface area contributed by atoms with Crippen LogP contribution in [0, 0.1) is 6.92 Å². The molecule has 3 aromatic rings. The maximum absolute atomic E-state index is 13.0. The SMILES string of the molecule is COc1ccc(CCNC(=O)c2ccccc2NC(=O)[C@@H](C)Oc2cc(C)ccc2C(C)C)cc1OC. The van der Waals surface area contributed by atoms with E-state index >= 15 is 0 Å². The highest BCUT2D eigenvalue weighted by molar-refractivity contribution is 6.04. The second-order valence-electron chi connectivity index (χ2n) is 9.19. The van der Waals surface area contributed by atoms with Gasteiger partial charge in [0.25, 0.3) is 11.8 Å². The fraction of sp³-hybridized carbons (Fsp3) is 0.333. The smallest absolute Gasteiger partial charge is 0.265 e. The minimum Gasteiger partial charge on any atom is -0.493 e. The monoisotopic (exact) mass is 504 g/mol. The zero-order valence-electron chi connectivity index (χ0n) is 22.4. The summed E-state index contributed by atoms with van der Waals surface area (Å²) in [4.78, 5) is 25.9. The molecule has 0 bridgehead atoms. The number of rotatable bonds is 11. The van der Waals surface area contributed by atoms with Crippen LogP contribution in [-0.4, -0.2) is 38.7 Å². The molecule has 0 heterocycles. The third kappa shape index (κ3) is 7.26. The van der Waals surface area contributed by atoms with Crippen LogP contribution in [0.2, 0.25) is 0 Å². The van der Waals surface area contributed by atoms with Crippen molar-refractivity contribution >= 4 is 17.5 Å². The summed E-state index contributed by atoms with van der Waals surface area (Å²) >= 11 is 0. The molecule has 3 rings (SSSR count). The van der Waals surface area contributed by atoms with Crippen LogP contribution in [0.1, 0.15) is 53.7 Å². The van der Waals surface area contributed by atoms with Crippen molar-refractivity contribution < 1.29 is 23.8 Å². The van der Waals surface area contributed by atoms with Crippen molar-refractivity contribution in [1.29, 1.82) is 0 Å². The third-order valence-corrected chi connectivity index (χ3v) is 6.04. The molecule has 37 heavy (non-hydrogen) atoms. The van der Waals surface area contributed by atoms with Crippen LogP contribution >= 0.6 is 0 Å². The van der Waals surface area contributed by atoms with Crippen LogP contribution in [-0.2, 0) is 11.2 Å². The average Bonchev–Trinajstić information content (AvgIpc) is 2.88. The molecule has 0 saturated carbocycles. The Labute approximate surface area is 219 Å². The van der Waals surface area contributed by atoms with Crippen molar-refractivity contribution in [3.8, 4) is 17.2 Å². The van der Waals surface area contributed by atoms with Gasteiger partial charge in [0.2, 0.25) is 0 Å². The summed E-state index contributed by atoms with van der Waals surface area (Å²) in [7, 11) is 3.18. The van der Waals surface area contributed by atoms with Gasteiger partial charge in [0.15, 0.2) is 17.6 Å². The molecule has 196 valence electrons. The van der Waals surface area contributed by atoms with Crippen molar-refractivity contribution in [1.82, 2.24) is 5.32 Å². The maximum Gasteiger partial charge on any atom is 0.265 e. The Bertz CT molecular complexity index is 1240. The van der Waals surface area contributed by atoms with Crippen molar-refractivity contribution in [2.75, 3.05) is 26.1 Å². The van der Waals surface area contributed by atoms with Gasteiger partial charge in [-0.2, -0.15) is 0 Å². The number of benzene rings is 3. The third-order valence-electron chi connectivity index (χ3n) is 6.04. The van der Waals surface area contributed by atoms with E-state index in [1.807, 2.05) is 43.3 Å². The number of ether oxygens (including phenoxy) is 3. The molecule has 0 aromatic heterocycles. The molecule has 0 saturated heterocycles. The number of nitrogens with one attached hydrogen (secondary N) is 2. The van der Waals surface area contributed by atoms with Gasteiger partial charge < -0.3 is 24.8 Å². The lowest BCUT2D eigenvalue weighted by atomic mass is 10.0. The van der Waals surface area contributed by atoms with Gasteiger partial charge in [-0.25, -0.2) is 0 Å². The number of anilines is 1. The molecule has 2 N–H and O–H groups in total. The highest BCUT2D eigenvalue weighted by Gasteiger charge is 2.20. The molecule has 0 aliphatic rings. The van der Waals surface area contributed by atoms with Gasteiger partial charge >= 0.3 is 0 Å². The number of aryl methyl sites for hydroxylation is 1. The molecule has 3 aromatic carbocycles. The Kier molecular flexibility index (Phi) is 9.55. The quantitative estimate of drug-likeness (QED) is 0.359. The molecule has 7 heteroatoms. The van der Waals surface area contributed by atoms with Gasteiger partial charge in [-0.1, -0.05) is 44.2 Å². The predicted molar refractivity (Wildman–Crippen MR) is 146 cm³/mol. The Hall–Kier alpha value is -4.00. The van der Waals surface area contributed by atoms with Crippen LogP contribution in [0.15, 0.2) is 60.7 Å². The first-order chi connectivity index (χ1) is 17.7. The van der Waals surface area contributed by atoms with Crippen LogP contribution < -0.4 is 24.8 Å². The fourth-order valence-electron chi connectivity index (χ4n) is 3.94. The molecule has 0 aliphatic carbocycles. The molecule has 7 nitrogen and oxygen atoms in total. The summed E-state index contributed by atoms with van der Waals surface area (Å²) in [6.45, 7) is 8.28. The lowest BCUT2D eigenvalue weighted by Crippen LogP contribution is -2.32. The normalized spacial score (nSPS) is 11.5. The van der Waals surface area contributed by atoms with Crippen LogP contribution in [0.4, 0.5) is 5.69 Å². The minimum absolute atomic E-state index is 0.259. The lowest BCUT2D eigenvalue weighted by molar-refractivity contribution is -0.122. The predicted octanol–water partition coefficient (Wildman–Crippen LogP) is 5.51. The second-order valence-corrected chi connectivity index (χ2v) is 9.19. The van der Waals surface area contributed by atoms with Crippen LogP contribution in [0.3, 0.4) is 0 Å². The Balaban J connectivity index is 1.63. The van der Waals surface area contributed by atoms with Gasteiger partial charge in [0.05, 0.1) is 25.5 Å². The Morgan fingerprint density at radius 3 is 2.30 bits per heavy atom. The Morgan fingerprint density at radius 1 is 0.865 bits per heavy atom. The molecule has 0 aliphatic heterocycles. The molecule has 0 unspecified atom stereocenters. The molecule has 1 atom stereocenters. The highest BCUT2D eigenvalue weighted by atomic mass is 16.5.